The second-order valence-corrected chi connectivity index (χ2v) is 7.95. The number of benzene rings is 1. The van der Waals surface area contributed by atoms with Crippen LogP contribution in [0.4, 0.5) is 0 Å². The number of nitrogens with zero attached hydrogens (tertiary/aromatic N) is 1. The maximum absolute atomic E-state index is 4.93. The normalized spacial score (nSPS) is 17.4. The van der Waals surface area contributed by atoms with Gasteiger partial charge < -0.3 is 5.32 Å². The highest BCUT2D eigenvalue weighted by Crippen LogP contribution is 2.42. The van der Waals surface area contributed by atoms with Gasteiger partial charge in [0.1, 0.15) is 5.01 Å². The number of rotatable bonds is 4. The molecule has 0 amide bonds. The third-order valence-electron chi connectivity index (χ3n) is 4.06. The van der Waals surface area contributed by atoms with E-state index in [2.05, 4.69) is 57.3 Å². The molecule has 0 aliphatic heterocycles. The van der Waals surface area contributed by atoms with Crippen LogP contribution < -0.4 is 5.32 Å². The molecule has 21 heavy (non-hydrogen) atoms. The summed E-state index contributed by atoms with van der Waals surface area (Å²) >= 11 is 1.90. The molecule has 0 saturated carbocycles. The molecule has 1 aliphatic carbocycles. The molecule has 3 rings (SSSR count). The molecular formula is C18H24N2S. The zero-order valence-corrected chi connectivity index (χ0v) is 14.2. The minimum atomic E-state index is 0.151. The van der Waals surface area contributed by atoms with Crippen LogP contribution >= 0.6 is 11.3 Å². The summed E-state index contributed by atoms with van der Waals surface area (Å²) in [6.45, 7) is 9.76. The average molecular weight is 300 g/mol. The van der Waals surface area contributed by atoms with E-state index < -0.39 is 0 Å². The molecule has 0 spiro atoms. The first-order chi connectivity index (χ1) is 9.98. The van der Waals surface area contributed by atoms with Gasteiger partial charge >= 0.3 is 0 Å². The Morgan fingerprint density at radius 3 is 2.71 bits per heavy atom. The maximum Gasteiger partial charge on any atom is 0.101 e. The molecule has 1 unspecified atom stereocenters. The van der Waals surface area contributed by atoms with E-state index in [1.165, 1.54) is 26.7 Å². The summed E-state index contributed by atoms with van der Waals surface area (Å²) in [6.07, 6.45) is 2.17. The average Bonchev–Trinajstić information content (AvgIpc) is 2.80. The lowest BCUT2D eigenvalue weighted by Crippen LogP contribution is -2.35. The SMILES string of the molecule is CCc1nc(C2Cc3ccccc32)sc1CNC(C)(C)C. The topological polar surface area (TPSA) is 24.9 Å². The highest BCUT2D eigenvalue weighted by molar-refractivity contribution is 7.11. The molecule has 1 heterocycles. The van der Waals surface area contributed by atoms with Crippen LogP contribution in [0.5, 0.6) is 0 Å². The van der Waals surface area contributed by atoms with Crippen molar-refractivity contribution in [3.05, 3.63) is 51.0 Å². The minimum absolute atomic E-state index is 0.151. The molecule has 0 fully saturated rings. The lowest BCUT2D eigenvalue weighted by Gasteiger charge is -2.28. The van der Waals surface area contributed by atoms with Crippen molar-refractivity contribution < 1.29 is 0 Å². The number of aromatic nitrogens is 1. The van der Waals surface area contributed by atoms with Crippen LogP contribution in [-0.2, 0) is 19.4 Å². The van der Waals surface area contributed by atoms with Gasteiger partial charge in [-0.05, 0) is 44.7 Å². The van der Waals surface area contributed by atoms with Crippen LogP contribution in [0.1, 0.15) is 60.3 Å². The molecule has 0 bridgehead atoms. The minimum Gasteiger partial charge on any atom is -0.307 e. The van der Waals surface area contributed by atoms with Crippen molar-refractivity contribution in [1.29, 1.82) is 0 Å². The van der Waals surface area contributed by atoms with E-state index in [4.69, 9.17) is 4.98 Å². The molecule has 0 radical (unpaired) electrons. The summed E-state index contributed by atoms with van der Waals surface area (Å²) in [5.74, 6) is 0.528. The van der Waals surface area contributed by atoms with Crippen LogP contribution in [-0.4, -0.2) is 10.5 Å². The number of hydrogen-bond acceptors (Lipinski definition) is 3. The largest absolute Gasteiger partial charge is 0.307 e. The molecule has 2 nitrogen and oxygen atoms in total. The zero-order valence-electron chi connectivity index (χ0n) is 13.4. The second kappa shape index (κ2) is 5.54. The van der Waals surface area contributed by atoms with Crippen molar-refractivity contribution in [2.45, 2.75) is 58.5 Å². The van der Waals surface area contributed by atoms with Crippen molar-refractivity contribution in [2.24, 2.45) is 0 Å². The van der Waals surface area contributed by atoms with Gasteiger partial charge in [-0.15, -0.1) is 11.3 Å². The van der Waals surface area contributed by atoms with E-state index in [1.807, 2.05) is 11.3 Å². The van der Waals surface area contributed by atoms with Gasteiger partial charge in [0.25, 0.3) is 0 Å². The summed E-state index contributed by atoms with van der Waals surface area (Å²) in [6, 6.07) is 8.76. The van der Waals surface area contributed by atoms with Gasteiger partial charge in [0.15, 0.2) is 0 Å². The first-order valence-electron chi connectivity index (χ1n) is 7.79. The Morgan fingerprint density at radius 2 is 2.05 bits per heavy atom. The number of aryl methyl sites for hydroxylation is 1. The van der Waals surface area contributed by atoms with Crippen LogP contribution in [0.25, 0.3) is 0 Å². The molecule has 1 atom stereocenters. The first kappa shape index (κ1) is 14.7. The third kappa shape index (κ3) is 3.04. The Bertz CT molecular complexity index is 637. The Kier molecular flexibility index (Phi) is 3.89. The molecule has 3 heteroatoms. The number of hydrogen-bond donors (Lipinski definition) is 1. The summed E-state index contributed by atoms with van der Waals surface area (Å²) in [5.41, 5.74) is 4.39. The third-order valence-corrected chi connectivity index (χ3v) is 5.27. The highest BCUT2D eigenvalue weighted by Gasteiger charge is 2.30. The van der Waals surface area contributed by atoms with Gasteiger partial charge in [0.2, 0.25) is 0 Å². The van der Waals surface area contributed by atoms with Gasteiger partial charge in [-0.2, -0.15) is 0 Å². The lowest BCUT2D eigenvalue weighted by atomic mass is 9.78. The second-order valence-electron chi connectivity index (χ2n) is 6.83. The summed E-state index contributed by atoms with van der Waals surface area (Å²) < 4.78 is 0. The summed E-state index contributed by atoms with van der Waals surface area (Å²) in [5, 5.41) is 4.89. The zero-order chi connectivity index (χ0) is 15.0. The Labute approximate surface area is 131 Å². The van der Waals surface area contributed by atoms with Crippen LogP contribution in [0.15, 0.2) is 24.3 Å². The molecule has 1 aromatic heterocycles. The van der Waals surface area contributed by atoms with E-state index in [9.17, 15) is 0 Å². The van der Waals surface area contributed by atoms with E-state index in [1.54, 1.807) is 0 Å². The number of fused-ring (bicyclic) bond motifs is 1. The molecule has 1 N–H and O–H groups in total. The van der Waals surface area contributed by atoms with Crippen LogP contribution in [0.3, 0.4) is 0 Å². The van der Waals surface area contributed by atoms with Crippen molar-refractivity contribution in [3.8, 4) is 0 Å². The van der Waals surface area contributed by atoms with Gasteiger partial charge in [-0.1, -0.05) is 31.2 Å². The highest BCUT2D eigenvalue weighted by atomic mass is 32.1. The standard InChI is InChI=1S/C18H24N2S/c1-5-15-16(11-19-18(2,3)4)21-17(20-15)14-10-12-8-6-7-9-13(12)14/h6-9,14,19H,5,10-11H2,1-4H3. The summed E-state index contributed by atoms with van der Waals surface area (Å²) in [7, 11) is 0. The van der Waals surface area contributed by atoms with Crippen molar-refractivity contribution in [1.82, 2.24) is 10.3 Å². The monoisotopic (exact) mass is 300 g/mol. The van der Waals surface area contributed by atoms with Gasteiger partial charge in [0.05, 0.1) is 5.69 Å². The predicted octanol–water partition coefficient (Wildman–Crippen LogP) is 4.28. The van der Waals surface area contributed by atoms with E-state index >= 15 is 0 Å². The van der Waals surface area contributed by atoms with Gasteiger partial charge in [0, 0.05) is 22.9 Å². The predicted molar refractivity (Wildman–Crippen MR) is 90.1 cm³/mol. The lowest BCUT2D eigenvalue weighted by molar-refractivity contribution is 0.425. The van der Waals surface area contributed by atoms with E-state index in [0.29, 0.717) is 5.92 Å². The Hall–Kier alpha value is -1.19. The molecule has 0 saturated heterocycles. The van der Waals surface area contributed by atoms with Crippen molar-refractivity contribution >= 4 is 11.3 Å². The summed E-state index contributed by atoms with van der Waals surface area (Å²) in [4.78, 5) is 6.34. The molecule has 112 valence electrons. The maximum atomic E-state index is 4.93. The number of thiazole rings is 1. The Balaban J connectivity index is 1.81. The van der Waals surface area contributed by atoms with Crippen molar-refractivity contribution in [3.63, 3.8) is 0 Å². The van der Waals surface area contributed by atoms with Gasteiger partial charge in [-0.3, -0.25) is 0 Å². The quantitative estimate of drug-likeness (QED) is 0.911. The smallest absolute Gasteiger partial charge is 0.101 e. The Morgan fingerprint density at radius 1 is 1.29 bits per heavy atom. The number of nitrogens with one attached hydrogen (secondary N) is 1. The van der Waals surface area contributed by atoms with Crippen LogP contribution in [0.2, 0.25) is 0 Å². The van der Waals surface area contributed by atoms with Crippen molar-refractivity contribution in [2.75, 3.05) is 0 Å². The van der Waals surface area contributed by atoms with E-state index in [0.717, 1.165) is 19.4 Å². The molecular weight excluding hydrogens is 276 g/mol. The fourth-order valence-corrected chi connectivity index (χ4v) is 4.00. The fraction of sp³-hybridized carbons (Fsp3) is 0.500. The van der Waals surface area contributed by atoms with E-state index in [-0.39, 0.29) is 5.54 Å². The first-order valence-corrected chi connectivity index (χ1v) is 8.61. The van der Waals surface area contributed by atoms with Gasteiger partial charge in [-0.25, -0.2) is 4.98 Å². The van der Waals surface area contributed by atoms with Crippen LogP contribution in [0, 0.1) is 0 Å². The molecule has 1 aromatic carbocycles. The molecule has 2 aromatic rings. The fourth-order valence-electron chi connectivity index (χ4n) is 2.79. The molecule has 1 aliphatic rings.